The lowest BCUT2D eigenvalue weighted by Crippen LogP contribution is -2.26. The van der Waals surface area contributed by atoms with E-state index in [2.05, 4.69) is 4.98 Å². The van der Waals surface area contributed by atoms with Gasteiger partial charge in [-0.05, 0) is 18.6 Å². The van der Waals surface area contributed by atoms with Crippen LogP contribution in [-0.2, 0) is 4.84 Å². The molecular weight excluding hydrogens is 168 g/mol. The fourth-order valence-electron chi connectivity index (χ4n) is 0.839. The van der Waals surface area contributed by atoms with Gasteiger partial charge in [-0.2, -0.15) is 0 Å². The maximum Gasteiger partial charge on any atom is 0.295 e. The lowest BCUT2D eigenvalue weighted by molar-refractivity contribution is -0.0760. The molecule has 1 rings (SSSR count). The average Bonchev–Trinajstić information content (AvgIpc) is 2.17. The monoisotopic (exact) mass is 180 g/mol. The summed E-state index contributed by atoms with van der Waals surface area (Å²) in [7, 11) is 2.98. The van der Waals surface area contributed by atoms with E-state index in [9.17, 15) is 4.79 Å². The second kappa shape index (κ2) is 4.00. The minimum Gasteiger partial charge on any atom is -0.274 e. The van der Waals surface area contributed by atoms with Gasteiger partial charge >= 0.3 is 0 Å². The Morgan fingerprint density at radius 3 is 2.69 bits per heavy atom. The number of amides is 1. The topological polar surface area (TPSA) is 42.4 Å². The van der Waals surface area contributed by atoms with Gasteiger partial charge in [0.1, 0.15) is 5.69 Å². The Morgan fingerprint density at radius 1 is 1.54 bits per heavy atom. The van der Waals surface area contributed by atoms with Crippen molar-refractivity contribution in [2.75, 3.05) is 14.2 Å². The highest BCUT2D eigenvalue weighted by Crippen LogP contribution is 2.01. The van der Waals surface area contributed by atoms with Crippen LogP contribution in [0.3, 0.4) is 0 Å². The van der Waals surface area contributed by atoms with Crippen molar-refractivity contribution in [3.63, 3.8) is 0 Å². The fourth-order valence-corrected chi connectivity index (χ4v) is 0.839. The largest absolute Gasteiger partial charge is 0.295 e. The molecule has 1 heterocycles. The van der Waals surface area contributed by atoms with Crippen LogP contribution in [0.4, 0.5) is 0 Å². The molecule has 0 aliphatic heterocycles. The van der Waals surface area contributed by atoms with Crippen LogP contribution in [0.25, 0.3) is 0 Å². The molecule has 0 unspecified atom stereocenters. The molecule has 4 nitrogen and oxygen atoms in total. The molecule has 1 aromatic rings. The van der Waals surface area contributed by atoms with Gasteiger partial charge in [0.2, 0.25) is 0 Å². The summed E-state index contributed by atoms with van der Waals surface area (Å²) in [5.74, 6) is -0.248. The molecule has 0 atom stereocenters. The molecule has 0 saturated heterocycles. The summed E-state index contributed by atoms with van der Waals surface area (Å²) in [6.45, 7) is 1.92. The van der Waals surface area contributed by atoms with E-state index in [0.717, 1.165) is 10.6 Å². The van der Waals surface area contributed by atoms with Gasteiger partial charge in [-0.1, -0.05) is 6.07 Å². The van der Waals surface area contributed by atoms with Crippen molar-refractivity contribution in [2.24, 2.45) is 0 Å². The maximum atomic E-state index is 11.4. The number of pyridine rings is 1. The molecule has 0 spiro atoms. The highest BCUT2D eigenvalue weighted by atomic mass is 16.7. The summed E-state index contributed by atoms with van der Waals surface area (Å²) in [4.78, 5) is 20.1. The predicted molar refractivity (Wildman–Crippen MR) is 48.1 cm³/mol. The zero-order valence-electron chi connectivity index (χ0n) is 7.94. The molecule has 0 aliphatic carbocycles. The molecule has 0 N–H and O–H groups in total. The number of rotatable bonds is 2. The molecule has 0 saturated carbocycles. The van der Waals surface area contributed by atoms with Crippen LogP contribution in [0.1, 0.15) is 16.1 Å². The third kappa shape index (κ3) is 2.26. The van der Waals surface area contributed by atoms with E-state index < -0.39 is 0 Å². The van der Waals surface area contributed by atoms with E-state index in [1.54, 1.807) is 19.3 Å². The molecule has 0 radical (unpaired) electrons. The zero-order chi connectivity index (χ0) is 9.84. The van der Waals surface area contributed by atoms with Gasteiger partial charge in [0, 0.05) is 13.2 Å². The first-order chi connectivity index (χ1) is 6.15. The Bertz CT molecular complexity index is 295. The molecule has 0 aliphatic rings. The van der Waals surface area contributed by atoms with Crippen molar-refractivity contribution in [3.05, 3.63) is 29.6 Å². The quantitative estimate of drug-likeness (QED) is 0.638. The van der Waals surface area contributed by atoms with Crippen molar-refractivity contribution >= 4 is 5.91 Å². The number of hydrogen-bond donors (Lipinski definition) is 0. The highest BCUT2D eigenvalue weighted by Gasteiger charge is 2.11. The normalized spacial score (nSPS) is 9.77. The third-order valence-electron chi connectivity index (χ3n) is 1.69. The van der Waals surface area contributed by atoms with E-state index in [1.807, 2.05) is 13.0 Å². The van der Waals surface area contributed by atoms with Crippen LogP contribution >= 0.6 is 0 Å². The summed E-state index contributed by atoms with van der Waals surface area (Å²) in [5.41, 5.74) is 1.41. The number of carbonyl (C=O) groups excluding carboxylic acids is 1. The molecule has 0 bridgehead atoms. The van der Waals surface area contributed by atoms with Gasteiger partial charge in [-0.15, -0.1) is 0 Å². The van der Waals surface area contributed by atoms with E-state index >= 15 is 0 Å². The van der Waals surface area contributed by atoms with Crippen molar-refractivity contribution in [1.29, 1.82) is 0 Å². The van der Waals surface area contributed by atoms with Crippen LogP contribution in [0.15, 0.2) is 18.3 Å². The first-order valence-corrected chi connectivity index (χ1v) is 3.90. The first kappa shape index (κ1) is 9.67. The Morgan fingerprint density at radius 2 is 2.23 bits per heavy atom. The lowest BCUT2D eigenvalue weighted by atomic mass is 10.2. The van der Waals surface area contributed by atoms with Gasteiger partial charge < -0.3 is 0 Å². The lowest BCUT2D eigenvalue weighted by Gasteiger charge is -2.12. The standard InChI is InChI=1S/C9H12N2O2/c1-7-4-5-8(10-6-7)9(12)11(2)13-3/h4-6H,1-3H3. The van der Waals surface area contributed by atoms with Gasteiger partial charge in [0.15, 0.2) is 0 Å². The zero-order valence-corrected chi connectivity index (χ0v) is 7.94. The van der Waals surface area contributed by atoms with Crippen LogP contribution in [0, 0.1) is 6.92 Å². The third-order valence-corrected chi connectivity index (χ3v) is 1.69. The van der Waals surface area contributed by atoms with Gasteiger partial charge in [0.25, 0.3) is 5.91 Å². The molecule has 4 heteroatoms. The summed E-state index contributed by atoms with van der Waals surface area (Å²) in [6, 6.07) is 3.51. The minimum atomic E-state index is -0.248. The summed E-state index contributed by atoms with van der Waals surface area (Å²) in [6.07, 6.45) is 1.65. The Labute approximate surface area is 77.1 Å². The van der Waals surface area contributed by atoms with Crippen LogP contribution in [0.2, 0.25) is 0 Å². The number of nitrogens with zero attached hydrogens (tertiary/aromatic N) is 2. The number of hydroxylamine groups is 2. The fraction of sp³-hybridized carbons (Fsp3) is 0.333. The second-order valence-electron chi connectivity index (χ2n) is 2.71. The smallest absolute Gasteiger partial charge is 0.274 e. The van der Waals surface area contributed by atoms with E-state index in [-0.39, 0.29) is 5.91 Å². The first-order valence-electron chi connectivity index (χ1n) is 3.90. The number of carbonyl (C=O) groups is 1. The molecule has 0 aromatic carbocycles. The van der Waals surface area contributed by atoms with Crippen molar-refractivity contribution in [2.45, 2.75) is 6.92 Å². The SMILES string of the molecule is CON(C)C(=O)c1ccc(C)cn1. The molecule has 1 aromatic heterocycles. The minimum absolute atomic E-state index is 0.248. The predicted octanol–water partition coefficient (Wildman–Crippen LogP) is 1.02. The molecule has 0 fully saturated rings. The van der Waals surface area contributed by atoms with Crippen molar-refractivity contribution < 1.29 is 9.63 Å². The number of aryl methyl sites for hydroxylation is 1. The maximum absolute atomic E-state index is 11.4. The Hall–Kier alpha value is -1.42. The van der Waals surface area contributed by atoms with E-state index in [0.29, 0.717) is 5.69 Å². The molecular formula is C9H12N2O2. The summed E-state index contributed by atoms with van der Waals surface area (Å²) < 4.78 is 0. The van der Waals surface area contributed by atoms with Gasteiger partial charge in [-0.3, -0.25) is 14.6 Å². The van der Waals surface area contributed by atoms with Gasteiger partial charge in [0.05, 0.1) is 7.11 Å². The molecule has 70 valence electrons. The van der Waals surface area contributed by atoms with Crippen LogP contribution in [-0.4, -0.2) is 30.1 Å². The van der Waals surface area contributed by atoms with Gasteiger partial charge in [-0.25, -0.2) is 5.06 Å². The van der Waals surface area contributed by atoms with E-state index in [1.165, 1.54) is 7.11 Å². The van der Waals surface area contributed by atoms with Crippen molar-refractivity contribution in [1.82, 2.24) is 10.0 Å². The number of hydrogen-bond acceptors (Lipinski definition) is 3. The summed E-state index contributed by atoms with van der Waals surface area (Å²) in [5, 5.41) is 1.14. The van der Waals surface area contributed by atoms with Crippen LogP contribution in [0.5, 0.6) is 0 Å². The Kier molecular flexibility index (Phi) is 2.97. The second-order valence-corrected chi connectivity index (χ2v) is 2.71. The average molecular weight is 180 g/mol. The van der Waals surface area contributed by atoms with Crippen molar-refractivity contribution in [3.8, 4) is 0 Å². The number of aromatic nitrogens is 1. The Balaban J connectivity index is 2.83. The summed E-state index contributed by atoms with van der Waals surface area (Å²) >= 11 is 0. The highest BCUT2D eigenvalue weighted by molar-refractivity contribution is 5.91. The molecule has 13 heavy (non-hydrogen) atoms. The van der Waals surface area contributed by atoms with Crippen LogP contribution < -0.4 is 0 Å². The molecule has 1 amide bonds. The van der Waals surface area contributed by atoms with E-state index in [4.69, 9.17) is 4.84 Å².